The first-order valence-corrected chi connectivity index (χ1v) is 19.6. The van der Waals surface area contributed by atoms with Crippen LogP contribution in [-0.2, 0) is 39.9 Å². The molecule has 4 amide bonds. The number of nitro groups is 1. The van der Waals surface area contributed by atoms with E-state index in [2.05, 4.69) is 10.6 Å². The van der Waals surface area contributed by atoms with Crippen LogP contribution in [0.2, 0.25) is 0 Å². The number of carbonyl (C=O) groups excluding carboxylic acids is 4. The summed E-state index contributed by atoms with van der Waals surface area (Å²) in [5.74, 6) is -3.71. The number of hydrogen-bond acceptors (Lipinski definition) is 10. The van der Waals surface area contributed by atoms with E-state index >= 15 is 0 Å². The Kier molecular flexibility index (Phi) is 18.8. The average Bonchev–Trinajstić information content (AvgIpc) is 3.62. The quantitative estimate of drug-likeness (QED) is 0.115. The topological polar surface area (TPSA) is 201 Å². The summed E-state index contributed by atoms with van der Waals surface area (Å²) in [6.45, 7) is 13.7. The van der Waals surface area contributed by atoms with Crippen LogP contribution in [0, 0.1) is 33.8 Å². The number of nitrogens with zero attached hydrogens (tertiary/aromatic N) is 4. The van der Waals surface area contributed by atoms with Gasteiger partial charge in [0.2, 0.25) is 23.6 Å². The second kappa shape index (κ2) is 22.0. The summed E-state index contributed by atoms with van der Waals surface area (Å²) < 4.78 is 11.8. The fraction of sp³-hybridized carbons (Fsp3) is 0.725. The van der Waals surface area contributed by atoms with Gasteiger partial charge in [-0.3, -0.25) is 34.2 Å². The zero-order chi connectivity index (χ0) is 42.6. The molecule has 0 saturated carbocycles. The molecule has 3 N–H and O–H groups in total. The number of methoxy groups -OCH3 is 2. The number of carbonyl (C=O) groups is 5. The summed E-state index contributed by atoms with van der Waals surface area (Å²) in [5.41, 5.74) is 0.362. The number of benzene rings is 1. The van der Waals surface area contributed by atoms with Crippen LogP contribution in [0.25, 0.3) is 0 Å². The molecule has 0 aliphatic carbocycles. The summed E-state index contributed by atoms with van der Waals surface area (Å²) in [5, 5.41) is 26.5. The van der Waals surface area contributed by atoms with Gasteiger partial charge in [0.05, 0.1) is 47.6 Å². The molecule has 316 valence electrons. The molecule has 56 heavy (non-hydrogen) atoms. The standard InChI is InChI=1S/C40H66N6O10/c1-13-25(6)35(44(10)39(50)33(23(2)3)42-38(49)34(24(4)5)43(8)9)31(55-11)22-32(47)45-20-14-15-30(45)36(56-12)26(7)37(48)41-29(40(51)52)21-27-16-18-28(19-17-27)46(53)54/h16-19,23-26,29-31,33-36H,13-15,20-22H2,1-12H3,(H,41,48)(H,42,49)(H,51,52)/t25-,26?,29-,30-,31?,33-,34?,35?,36?/m0/s1. The van der Waals surface area contributed by atoms with Gasteiger partial charge < -0.3 is 35.0 Å². The van der Waals surface area contributed by atoms with Crippen molar-refractivity contribution in [1.29, 1.82) is 0 Å². The van der Waals surface area contributed by atoms with E-state index in [1.807, 2.05) is 60.5 Å². The molecule has 1 aliphatic heterocycles. The van der Waals surface area contributed by atoms with Crippen LogP contribution < -0.4 is 10.6 Å². The van der Waals surface area contributed by atoms with E-state index in [0.717, 1.165) is 0 Å². The molecule has 0 aromatic heterocycles. The zero-order valence-electron chi connectivity index (χ0n) is 35.3. The van der Waals surface area contributed by atoms with Gasteiger partial charge in [0.15, 0.2) is 0 Å². The van der Waals surface area contributed by atoms with Gasteiger partial charge in [-0.05, 0) is 50.3 Å². The lowest BCUT2D eigenvalue weighted by atomic mass is 9.89. The van der Waals surface area contributed by atoms with Crippen molar-refractivity contribution in [2.45, 2.75) is 123 Å². The molecule has 0 bridgehead atoms. The van der Waals surface area contributed by atoms with E-state index in [1.165, 1.54) is 38.5 Å². The van der Waals surface area contributed by atoms with Crippen molar-refractivity contribution in [1.82, 2.24) is 25.3 Å². The van der Waals surface area contributed by atoms with Crippen LogP contribution in [-0.4, -0.2) is 139 Å². The fourth-order valence-electron chi connectivity index (χ4n) is 7.90. The molecule has 1 saturated heterocycles. The van der Waals surface area contributed by atoms with Gasteiger partial charge in [0.25, 0.3) is 5.69 Å². The molecule has 1 aromatic rings. The molecule has 16 nitrogen and oxygen atoms in total. The third kappa shape index (κ3) is 12.4. The lowest BCUT2D eigenvalue weighted by molar-refractivity contribution is -0.384. The Morgan fingerprint density at radius 2 is 1.55 bits per heavy atom. The normalized spacial score (nSPS) is 18.8. The second-order valence-corrected chi connectivity index (χ2v) is 16.0. The predicted molar refractivity (Wildman–Crippen MR) is 212 cm³/mol. The van der Waals surface area contributed by atoms with Crippen LogP contribution in [0.15, 0.2) is 24.3 Å². The van der Waals surface area contributed by atoms with Crippen LogP contribution >= 0.6 is 0 Å². The van der Waals surface area contributed by atoms with Crippen molar-refractivity contribution >= 4 is 35.3 Å². The first-order chi connectivity index (χ1) is 26.2. The maximum absolute atomic E-state index is 14.2. The Morgan fingerprint density at radius 1 is 0.946 bits per heavy atom. The minimum atomic E-state index is -1.31. The molecule has 1 aliphatic rings. The highest BCUT2D eigenvalue weighted by Crippen LogP contribution is 2.30. The van der Waals surface area contributed by atoms with Gasteiger partial charge in [0, 0.05) is 46.4 Å². The third-order valence-electron chi connectivity index (χ3n) is 11.1. The number of nitro benzene ring substituents is 1. The summed E-state index contributed by atoms with van der Waals surface area (Å²) >= 11 is 0. The number of aliphatic carboxylic acids is 1. The zero-order valence-corrected chi connectivity index (χ0v) is 35.3. The number of rotatable bonds is 22. The number of non-ortho nitro benzene ring substituents is 1. The lowest BCUT2D eigenvalue weighted by Gasteiger charge is -2.41. The minimum absolute atomic E-state index is 0.0167. The molecule has 9 atom stereocenters. The van der Waals surface area contributed by atoms with Crippen molar-refractivity contribution < 1.29 is 43.5 Å². The highest BCUT2D eigenvalue weighted by molar-refractivity contribution is 5.90. The third-order valence-corrected chi connectivity index (χ3v) is 11.1. The Bertz CT molecular complexity index is 1480. The SMILES string of the molecule is CC[C@H](C)C(C(CC(=O)N1CCC[C@H]1C(OC)C(C)C(=O)N[C@@H](Cc1ccc([N+](=O)[O-])cc1)C(=O)O)OC)N(C)C(=O)[C@@H](NC(=O)C(C(C)C)N(C)C)C(C)C. The number of likely N-dealkylation sites (tertiary alicyclic amines) is 1. The molecule has 1 aromatic carbocycles. The molecule has 1 fully saturated rings. The number of nitrogens with one attached hydrogen (secondary N) is 2. The maximum atomic E-state index is 14.2. The Balaban J connectivity index is 2.27. The molecule has 5 unspecified atom stereocenters. The van der Waals surface area contributed by atoms with Crippen molar-refractivity contribution in [3.63, 3.8) is 0 Å². The van der Waals surface area contributed by atoms with E-state index in [4.69, 9.17) is 9.47 Å². The summed E-state index contributed by atoms with van der Waals surface area (Å²) in [4.78, 5) is 83.1. The van der Waals surface area contributed by atoms with Crippen LogP contribution in [0.3, 0.4) is 0 Å². The van der Waals surface area contributed by atoms with Crippen LogP contribution in [0.1, 0.15) is 79.7 Å². The van der Waals surface area contributed by atoms with E-state index in [0.29, 0.717) is 31.4 Å². The van der Waals surface area contributed by atoms with Crippen molar-refractivity contribution in [2.75, 3.05) is 41.9 Å². The second-order valence-electron chi connectivity index (χ2n) is 16.0. The molecule has 2 rings (SSSR count). The monoisotopic (exact) mass is 790 g/mol. The van der Waals surface area contributed by atoms with Crippen molar-refractivity contribution in [2.24, 2.45) is 23.7 Å². The molecular formula is C40H66N6O10. The predicted octanol–water partition coefficient (Wildman–Crippen LogP) is 3.35. The Morgan fingerprint density at radius 3 is 2.02 bits per heavy atom. The number of ether oxygens (including phenoxy) is 2. The number of hydrogen-bond donors (Lipinski definition) is 3. The average molecular weight is 791 g/mol. The molecule has 0 spiro atoms. The summed E-state index contributed by atoms with van der Waals surface area (Å²) in [6.07, 6.45) is 0.296. The van der Waals surface area contributed by atoms with E-state index in [9.17, 15) is 39.2 Å². The smallest absolute Gasteiger partial charge is 0.326 e. The van der Waals surface area contributed by atoms with Crippen LogP contribution in [0.4, 0.5) is 5.69 Å². The van der Waals surface area contributed by atoms with Gasteiger partial charge in [-0.2, -0.15) is 0 Å². The van der Waals surface area contributed by atoms with E-state index < -0.39 is 65.1 Å². The number of carboxylic acid groups (broad SMARTS) is 1. The minimum Gasteiger partial charge on any atom is -0.480 e. The Labute approximate surface area is 332 Å². The van der Waals surface area contributed by atoms with Gasteiger partial charge in [0.1, 0.15) is 12.1 Å². The van der Waals surface area contributed by atoms with Crippen molar-refractivity contribution in [3.8, 4) is 0 Å². The highest BCUT2D eigenvalue weighted by Gasteiger charge is 2.43. The molecule has 16 heteroatoms. The summed E-state index contributed by atoms with van der Waals surface area (Å²) in [7, 11) is 8.31. The lowest BCUT2D eigenvalue weighted by Crippen LogP contribution is -2.59. The number of amides is 4. The first-order valence-electron chi connectivity index (χ1n) is 19.6. The molecule has 1 heterocycles. The first kappa shape index (κ1) is 48.0. The van der Waals surface area contributed by atoms with E-state index in [1.54, 1.807) is 23.8 Å². The van der Waals surface area contributed by atoms with E-state index in [-0.39, 0.29) is 54.0 Å². The largest absolute Gasteiger partial charge is 0.480 e. The maximum Gasteiger partial charge on any atom is 0.326 e. The molecule has 0 radical (unpaired) electrons. The van der Waals surface area contributed by atoms with Gasteiger partial charge in [-0.25, -0.2) is 4.79 Å². The fourth-order valence-corrected chi connectivity index (χ4v) is 7.90. The Hall–Kier alpha value is -4.15. The highest BCUT2D eigenvalue weighted by atomic mass is 16.6. The van der Waals surface area contributed by atoms with Crippen molar-refractivity contribution in [3.05, 3.63) is 39.9 Å². The summed E-state index contributed by atoms with van der Waals surface area (Å²) in [6, 6.07) is 1.91. The van der Waals surface area contributed by atoms with Crippen LogP contribution in [0.5, 0.6) is 0 Å². The van der Waals surface area contributed by atoms with Gasteiger partial charge >= 0.3 is 5.97 Å². The number of likely N-dealkylation sites (N-methyl/N-ethyl adjacent to an activating group) is 2. The van der Waals surface area contributed by atoms with Gasteiger partial charge in [-0.1, -0.05) is 67.0 Å². The number of carboxylic acids is 1. The molecular weight excluding hydrogens is 724 g/mol. The van der Waals surface area contributed by atoms with Gasteiger partial charge in [-0.15, -0.1) is 0 Å².